The van der Waals surface area contributed by atoms with E-state index in [0.29, 0.717) is 13.1 Å². The van der Waals surface area contributed by atoms with E-state index in [1.807, 2.05) is 29.2 Å². The van der Waals surface area contributed by atoms with Crippen LogP contribution in [0.1, 0.15) is 29.7 Å². The van der Waals surface area contributed by atoms with Crippen LogP contribution in [0.2, 0.25) is 0 Å². The number of nitrogens with zero attached hydrogens (tertiary/aromatic N) is 2. The van der Waals surface area contributed by atoms with Crippen molar-refractivity contribution in [3.05, 3.63) is 89.6 Å². The summed E-state index contributed by atoms with van der Waals surface area (Å²) in [4.78, 5) is 16.7. The van der Waals surface area contributed by atoms with Gasteiger partial charge in [0.15, 0.2) is 0 Å². The second kappa shape index (κ2) is 10.0. The normalized spacial score (nSPS) is 18.6. The molecule has 6 heteroatoms. The molecule has 0 spiro atoms. The largest absolute Gasteiger partial charge is 0.497 e. The van der Waals surface area contributed by atoms with Crippen LogP contribution in [-0.4, -0.2) is 42.5 Å². The quantitative estimate of drug-likeness (QED) is 0.514. The lowest BCUT2D eigenvalue weighted by atomic mass is 9.88. The number of benzene rings is 2. The van der Waals surface area contributed by atoms with Gasteiger partial charge in [0.1, 0.15) is 17.3 Å². The molecule has 1 saturated heterocycles. The molecule has 1 aromatic heterocycles. The van der Waals surface area contributed by atoms with Gasteiger partial charge in [0, 0.05) is 39.0 Å². The highest BCUT2D eigenvalue weighted by Crippen LogP contribution is 2.35. The van der Waals surface area contributed by atoms with Crippen LogP contribution in [-0.2, 0) is 17.9 Å². The molecule has 1 aliphatic heterocycles. The molecular formula is C26H29FN2O3. The Balaban J connectivity index is 1.53. The Morgan fingerprint density at radius 3 is 2.50 bits per heavy atom. The molecular weight excluding hydrogens is 407 g/mol. The predicted octanol–water partition coefficient (Wildman–Crippen LogP) is 4.69. The zero-order valence-corrected chi connectivity index (χ0v) is 18.5. The lowest BCUT2D eigenvalue weighted by Crippen LogP contribution is -2.35. The molecule has 32 heavy (non-hydrogen) atoms. The first-order chi connectivity index (χ1) is 15.5. The third-order valence-electron chi connectivity index (χ3n) is 6.21. The molecule has 2 heterocycles. The van der Waals surface area contributed by atoms with Crippen LogP contribution >= 0.6 is 0 Å². The van der Waals surface area contributed by atoms with E-state index in [0.717, 1.165) is 36.7 Å². The minimum absolute atomic E-state index is 0.0206. The van der Waals surface area contributed by atoms with E-state index in [2.05, 4.69) is 17.0 Å². The highest BCUT2D eigenvalue weighted by Gasteiger charge is 2.35. The number of hydrogen-bond acceptors (Lipinski definition) is 4. The van der Waals surface area contributed by atoms with E-state index in [1.54, 1.807) is 32.4 Å². The maximum absolute atomic E-state index is 13.3. The molecule has 0 saturated carbocycles. The monoisotopic (exact) mass is 436 g/mol. The highest BCUT2D eigenvalue weighted by molar-refractivity contribution is 5.73. The Morgan fingerprint density at radius 2 is 1.88 bits per heavy atom. The van der Waals surface area contributed by atoms with Gasteiger partial charge in [-0.2, -0.15) is 0 Å². The van der Waals surface area contributed by atoms with Gasteiger partial charge in [-0.15, -0.1) is 0 Å². The van der Waals surface area contributed by atoms with Crippen LogP contribution < -0.4 is 4.74 Å². The Kier molecular flexibility index (Phi) is 6.90. The van der Waals surface area contributed by atoms with Crippen molar-refractivity contribution < 1.29 is 18.3 Å². The van der Waals surface area contributed by atoms with E-state index < -0.39 is 0 Å². The van der Waals surface area contributed by atoms with Crippen molar-refractivity contribution in [3.63, 3.8) is 0 Å². The van der Waals surface area contributed by atoms with Crippen LogP contribution in [0.4, 0.5) is 4.39 Å². The first-order valence-corrected chi connectivity index (χ1v) is 10.9. The van der Waals surface area contributed by atoms with Gasteiger partial charge in [-0.05, 0) is 53.4 Å². The van der Waals surface area contributed by atoms with Crippen LogP contribution in [0.5, 0.6) is 5.75 Å². The molecule has 0 aliphatic carbocycles. The predicted molar refractivity (Wildman–Crippen MR) is 121 cm³/mol. The number of halogens is 1. The molecule has 0 bridgehead atoms. The minimum Gasteiger partial charge on any atom is -0.497 e. The zero-order chi connectivity index (χ0) is 22.5. The maximum Gasteiger partial charge on any atom is 0.219 e. The first kappa shape index (κ1) is 22.1. The SMILES string of the molecule is COc1ccc([C@H]2CN(Cc3ccco3)C[C@@H]2CN(Cc2ccc(F)cc2)C(C)=O)cc1. The van der Waals surface area contributed by atoms with Crippen LogP contribution in [0.15, 0.2) is 71.3 Å². The minimum atomic E-state index is -0.271. The van der Waals surface area contributed by atoms with Crippen molar-refractivity contribution in [2.24, 2.45) is 5.92 Å². The standard InChI is InChI=1S/C26H29FN2O3/c1-19(30)29(14-20-5-9-23(27)10-6-20)16-22-15-28(17-25-4-3-13-32-25)18-26(22)21-7-11-24(31-2)12-8-21/h3-13,22,26H,14-18H2,1-2H3/t22-,26-/m1/s1. The molecule has 1 amide bonds. The number of likely N-dealkylation sites (tertiary alicyclic amines) is 1. The fourth-order valence-electron chi connectivity index (χ4n) is 4.52. The molecule has 0 unspecified atom stereocenters. The fourth-order valence-corrected chi connectivity index (χ4v) is 4.52. The number of rotatable bonds is 8. The van der Waals surface area contributed by atoms with Gasteiger partial charge in [-0.1, -0.05) is 24.3 Å². The van der Waals surface area contributed by atoms with Gasteiger partial charge < -0.3 is 14.1 Å². The van der Waals surface area contributed by atoms with Gasteiger partial charge in [-0.25, -0.2) is 4.39 Å². The van der Waals surface area contributed by atoms with Crippen LogP contribution in [0.3, 0.4) is 0 Å². The molecule has 3 aromatic rings. The summed E-state index contributed by atoms with van der Waals surface area (Å²) in [6.45, 7) is 5.21. The van der Waals surface area contributed by atoms with Crippen molar-refractivity contribution in [2.45, 2.75) is 25.9 Å². The summed E-state index contributed by atoms with van der Waals surface area (Å²) in [5.74, 6) is 2.07. The molecule has 168 valence electrons. The second-order valence-electron chi connectivity index (χ2n) is 8.44. The smallest absolute Gasteiger partial charge is 0.219 e. The summed E-state index contributed by atoms with van der Waals surface area (Å²) in [7, 11) is 1.67. The van der Waals surface area contributed by atoms with Gasteiger partial charge >= 0.3 is 0 Å². The van der Waals surface area contributed by atoms with Crippen molar-refractivity contribution in [2.75, 3.05) is 26.7 Å². The van der Waals surface area contributed by atoms with Gasteiger partial charge in [0.2, 0.25) is 5.91 Å². The first-order valence-electron chi connectivity index (χ1n) is 10.9. The van der Waals surface area contributed by atoms with Crippen LogP contribution in [0.25, 0.3) is 0 Å². The number of carbonyl (C=O) groups excluding carboxylic acids is 1. The summed E-state index contributed by atoms with van der Waals surface area (Å²) in [5, 5.41) is 0. The summed E-state index contributed by atoms with van der Waals surface area (Å²) < 4.78 is 24.2. The third kappa shape index (κ3) is 5.37. The average molecular weight is 437 g/mol. The van der Waals surface area contributed by atoms with E-state index in [4.69, 9.17) is 9.15 Å². The summed E-state index contributed by atoms with van der Waals surface area (Å²) >= 11 is 0. The Hall–Kier alpha value is -3.12. The fraction of sp³-hybridized carbons (Fsp3) is 0.346. The highest BCUT2D eigenvalue weighted by atomic mass is 19.1. The number of furan rings is 1. The van der Waals surface area contributed by atoms with Crippen molar-refractivity contribution >= 4 is 5.91 Å². The van der Waals surface area contributed by atoms with Gasteiger partial charge in [0.05, 0.1) is 19.9 Å². The summed E-state index contributed by atoms with van der Waals surface area (Å²) in [6, 6.07) is 18.5. The molecule has 0 N–H and O–H groups in total. The molecule has 2 aromatic carbocycles. The molecule has 4 rings (SSSR count). The molecule has 1 aliphatic rings. The number of ether oxygens (including phenoxy) is 1. The van der Waals surface area contributed by atoms with E-state index in [9.17, 15) is 9.18 Å². The van der Waals surface area contributed by atoms with Crippen molar-refractivity contribution in [3.8, 4) is 5.75 Å². The average Bonchev–Trinajstić information content (AvgIpc) is 3.45. The Labute approximate surface area is 188 Å². The molecule has 1 fully saturated rings. The summed E-state index contributed by atoms with van der Waals surface area (Å²) in [5.41, 5.74) is 2.16. The van der Waals surface area contributed by atoms with Gasteiger partial charge in [-0.3, -0.25) is 9.69 Å². The Bertz CT molecular complexity index is 1000. The molecule has 0 radical (unpaired) electrons. The summed E-state index contributed by atoms with van der Waals surface area (Å²) in [6.07, 6.45) is 1.70. The number of carbonyl (C=O) groups is 1. The second-order valence-corrected chi connectivity index (χ2v) is 8.44. The number of hydrogen-bond donors (Lipinski definition) is 0. The third-order valence-corrected chi connectivity index (χ3v) is 6.21. The molecule has 2 atom stereocenters. The van der Waals surface area contributed by atoms with E-state index in [-0.39, 0.29) is 23.6 Å². The van der Waals surface area contributed by atoms with Crippen molar-refractivity contribution in [1.29, 1.82) is 0 Å². The van der Waals surface area contributed by atoms with Gasteiger partial charge in [0.25, 0.3) is 0 Å². The topological polar surface area (TPSA) is 45.9 Å². The number of amides is 1. The number of methoxy groups -OCH3 is 1. The molecule has 5 nitrogen and oxygen atoms in total. The lowest BCUT2D eigenvalue weighted by Gasteiger charge is -2.28. The van der Waals surface area contributed by atoms with Crippen LogP contribution in [0, 0.1) is 11.7 Å². The lowest BCUT2D eigenvalue weighted by molar-refractivity contribution is -0.130. The Morgan fingerprint density at radius 1 is 1.12 bits per heavy atom. The zero-order valence-electron chi connectivity index (χ0n) is 18.5. The maximum atomic E-state index is 13.3. The van der Waals surface area contributed by atoms with Crippen molar-refractivity contribution in [1.82, 2.24) is 9.80 Å². The van der Waals surface area contributed by atoms with E-state index in [1.165, 1.54) is 17.7 Å². The van der Waals surface area contributed by atoms with E-state index >= 15 is 0 Å².